The van der Waals surface area contributed by atoms with Crippen molar-refractivity contribution < 1.29 is 14.3 Å². The zero-order valence-corrected chi connectivity index (χ0v) is 9.89. The zero-order chi connectivity index (χ0) is 12.1. The number of carbonyl (C=O) groups is 1. The van der Waals surface area contributed by atoms with Gasteiger partial charge in [0.25, 0.3) is 0 Å². The second-order valence-electron chi connectivity index (χ2n) is 3.92. The van der Waals surface area contributed by atoms with Gasteiger partial charge in [0.05, 0.1) is 6.04 Å². The van der Waals surface area contributed by atoms with E-state index < -0.39 is 6.04 Å². The smallest absolute Gasteiger partial charge is 0.239 e. The van der Waals surface area contributed by atoms with Crippen LogP contribution in [0.15, 0.2) is 12.7 Å². The van der Waals surface area contributed by atoms with Gasteiger partial charge in [-0.15, -0.1) is 6.58 Å². The monoisotopic (exact) mass is 228 g/mol. The molecule has 1 aliphatic rings. The summed E-state index contributed by atoms with van der Waals surface area (Å²) in [5.41, 5.74) is 5.74. The van der Waals surface area contributed by atoms with Crippen LogP contribution in [0.3, 0.4) is 0 Å². The maximum Gasteiger partial charge on any atom is 0.239 e. The van der Waals surface area contributed by atoms with E-state index in [-0.39, 0.29) is 18.1 Å². The number of amides is 1. The standard InChI is InChI=1S/C11H20N2O3/c1-4-5-8(12)11(14)13-6-9(15-2)10(7-13)16-3/h4,8-10H,1,5-7,12H2,2-3H3. The minimum atomic E-state index is -0.509. The molecule has 0 aromatic rings. The van der Waals surface area contributed by atoms with Crippen LogP contribution in [0, 0.1) is 0 Å². The second kappa shape index (κ2) is 5.98. The second-order valence-corrected chi connectivity index (χ2v) is 3.92. The molecule has 5 heteroatoms. The van der Waals surface area contributed by atoms with E-state index in [2.05, 4.69) is 6.58 Å². The molecule has 1 aliphatic heterocycles. The fraction of sp³-hybridized carbons (Fsp3) is 0.727. The molecule has 1 heterocycles. The molecule has 0 aromatic carbocycles. The van der Waals surface area contributed by atoms with Crippen molar-refractivity contribution in [2.75, 3.05) is 27.3 Å². The number of ether oxygens (including phenoxy) is 2. The van der Waals surface area contributed by atoms with Crippen molar-refractivity contribution in [1.82, 2.24) is 4.90 Å². The summed E-state index contributed by atoms with van der Waals surface area (Å²) < 4.78 is 10.5. The third-order valence-corrected chi connectivity index (χ3v) is 2.87. The van der Waals surface area contributed by atoms with Crippen LogP contribution in [0.5, 0.6) is 0 Å². The van der Waals surface area contributed by atoms with Crippen LogP contribution in [0.4, 0.5) is 0 Å². The average molecular weight is 228 g/mol. The first-order chi connectivity index (χ1) is 7.63. The van der Waals surface area contributed by atoms with Crippen molar-refractivity contribution in [1.29, 1.82) is 0 Å². The Morgan fingerprint density at radius 2 is 2.00 bits per heavy atom. The van der Waals surface area contributed by atoms with Gasteiger partial charge in [-0.25, -0.2) is 0 Å². The van der Waals surface area contributed by atoms with Gasteiger partial charge in [0.2, 0.25) is 5.91 Å². The van der Waals surface area contributed by atoms with Crippen LogP contribution in [0.2, 0.25) is 0 Å². The number of methoxy groups -OCH3 is 2. The van der Waals surface area contributed by atoms with Gasteiger partial charge < -0.3 is 20.1 Å². The third-order valence-electron chi connectivity index (χ3n) is 2.87. The Morgan fingerprint density at radius 1 is 1.50 bits per heavy atom. The van der Waals surface area contributed by atoms with Crippen molar-refractivity contribution in [3.05, 3.63) is 12.7 Å². The minimum Gasteiger partial charge on any atom is -0.377 e. The molecule has 92 valence electrons. The first-order valence-corrected chi connectivity index (χ1v) is 5.34. The molecular formula is C11H20N2O3. The lowest BCUT2D eigenvalue weighted by Crippen LogP contribution is -2.43. The zero-order valence-electron chi connectivity index (χ0n) is 9.89. The molecule has 1 amide bonds. The third kappa shape index (κ3) is 2.81. The summed E-state index contributed by atoms with van der Waals surface area (Å²) in [5, 5.41) is 0. The van der Waals surface area contributed by atoms with Crippen molar-refractivity contribution in [3.8, 4) is 0 Å². The molecule has 0 radical (unpaired) electrons. The van der Waals surface area contributed by atoms with E-state index in [1.54, 1.807) is 25.2 Å². The van der Waals surface area contributed by atoms with Crippen LogP contribution in [0.1, 0.15) is 6.42 Å². The van der Waals surface area contributed by atoms with Gasteiger partial charge in [-0.2, -0.15) is 0 Å². The fourth-order valence-electron chi connectivity index (χ4n) is 1.89. The maximum atomic E-state index is 11.9. The Bertz CT molecular complexity index is 246. The van der Waals surface area contributed by atoms with Gasteiger partial charge in [0.15, 0.2) is 0 Å². The van der Waals surface area contributed by atoms with Crippen LogP contribution in [-0.2, 0) is 14.3 Å². The Labute approximate surface area is 96.2 Å². The van der Waals surface area contributed by atoms with E-state index in [1.807, 2.05) is 0 Å². The molecule has 3 atom stereocenters. The molecule has 0 spiro atoms. The van der Waals surface area contributed by atoms with Gasteiger partial charge in [-0.3, -0.25) is 4.79 Å². The van der Waals surface area contributed by atoms with Gasteiger partial charge in [-0.1, -0.05) is 6.08 Å². The van der Waals surface area contributed by atoms with Gasteiger partial charge in [0.1, 0.15) is 12.2 Å². The lowest BCUT2D eigenvalue weighted by molar-refractivity contribution is -0.132. The lowest BCUT2D eigenvalue weighted by atomic mass is 10.2. The van der Waals surface area contributed by atoms with E-state index in [0.29, 0.717) is 19.5 Å². The number of carbonyl (C=O) groups excluding carboxylic acids is 1. The van der Waals surface area contributed by atoms with Crippen LogP contribution in [0.25, 0.3) is 0 Å². The number of nitrogens with zero attached hydrogens (tertiary/aromatic N) is 1. The molecule has 0 aliphatic carbocycles. The number of hydrogen-bond donors (Lipinski definition) is 1. The quantitative estimate of drug-likeness (QED) is 0.660. The summed E-state index contributed by atoms with van der Waals surface area (Å²) in [6.45, 7) is 4.65. The Balaban J connectivity index is 2.56. The summed E-state index contributed by atoms with van der Waals surface area (Å²) in [5.74, 6) is -0.0681. The summed E-state index contributed by atoms with van der Waals surface area (Å²) in [7, 11) is 3.24. The summed E-state index contributed by atoms with van der Waals surface area (Å²) in [6.07, 6.45) is 2.01. The Hall–Kier alpha value is -0.910. The number of likely N-dealkylation sites (tertiary alicyclic amines) is 1. The molecule has 3 unspecified atom stereocenters. The molecule has 0 saturated carbocycles. The predicted molar refractivity (Wildman–Crippen MR) is 61.0 cm³/mol. The van der Waals surface area contributed by atoms with Gasteiger partial charge >= 0.3 is 0 Å². The Kier molecular flexibility index (Phi) is 4.92. The number of rotatable bonds is 5. The molecule has 0 aromatic heterocycles. The fourth-order valence-corrected chi connectivity index (χ4v) is 1.89. The highest BCUT2D eigenvalue weighted by Crippen LogP contribution is 2.16. The highest BCUT2D eigenvalue weighted by molar-refractivity contribution is 5.82. The van der Waals surface area contributed by atoms with E-state index >= 15 is 0 Å². The van der Waals surface area contributed by atoms with Crippen molar-refractivity contribution in [3.63, 3.8) is 0 Å². The molecule has 1 rings (SSSR count). The van der Waals surface area contributed by atoms with Crippen molar-refractivity contribution in [2.45, 2.75) is 24.7 Å². The average Bonchev–Trinajstić information content (AvgIpc) is 2.71. The van der Waals surface area contributed by atoms with Crippen molar-refractivity contribution in [2.24, 2.45) is 5.73 Å². The molecule has 0 bridgehead atoms. The predicted octanol–water partition coefficient (Wildman–Crippen LogP) is -0.238. The molecular weight excluding hydrogens is 208 g/mol. The van der Waals surface area contributed by atoms with Crippen LogP contribution < -0.4 is 5.73 Å². The normalized spacial score (nSPS) is 26.8. The Morgan fingerprint density at radius 3 is 2.38 bits per heavy atom. The van der Waals surface area contributed by atoms with E-state index in [9.17, 15) is 4.79 Å². The van der Waals surface area contributed by atoms with E-state index in [4.69, 9.17) is 15.2 Å². The highest BCUT2D eigenvalue weighted by atomic mass is 16.5. The van der Waals surface area contributed by atoms with Crippen molar-refractivity contribution >= 4 is 5.91 Å². The summed E-state index contributed by atoms with van der Waals surface area (Å²) in [6, 6.07) is -0.509. The first kappa shape index (κ1) is 13.2. The van der Waals surface area contributed by atoms with Gasteiger partial charge in [-0.05, 0) is 6.42 Å². The molecule has 16 heavy (non-hydrogen) atoms. The maximum absolute atomic E-state index is 11.9. The molecule has 2 N–H and O–H groups in total. The number of nitrogens with two attached hydrogens (primary N) is 1. The largest absolute Gasteiger partial charge is 0.377 e. The van der Waals surface area contributed by atoms with E-state index in [1.165, 1.54) is 0 Å². The summed E-state index contributed by atoms with van der Waals surface area (Å²) >= 11 is 0. The molecule has 1 fully saturated rings. The van der Waals surface area contributed by atoms with Crippen LogP contribution >= 0.6 is 0 Å². The number of hydrogen-bond acceptors (Lipinski definition) is 4. The molecule has 5 nitrogen and oxygen atoms in total. The first-order valence-electron chi connectivity index (χ1n) is 5.34. The van der Waals surface area contributed by atoms with Gasteiger partial charge in [0, 0.05) is 27.3 Å². The van der Waals surface area contributed by atoms with Crippen LogP contribution in [-0.4, -0.2) is 56.4 Å². The highest BCUT2D eigenvalue weighted by Gasteiger charge is 2.36. The van der Waals surface area contributed by atoms with E-state index in [0.717, 1.165) is 0 Å². The minimum absolute atomic E-state index is 0.0649. The topological polar surface area (TPSA) is 64.8 Å². The lowest BCUT2D eigenvalue weighted by Gasteiger charge is -2.19. The molecule has 1 saturated heterocycles. The SMILES string of the molecule is C=CCC(N)C(=O)N1CC(OC)C(OC)C1. The summed E-state index contributed by atoms with van der Waals surface area (Å²) in [4.78, 5) is 13.6.